The molecule has 0 fully saturated rings. The van der Waals surface area contributed by atoms with Crippen LogP contribution >= 0.6 is 11.9 Å². The highest BCUT2D eigenvalue weighted by molar-refractivity contribution is 7.97. The number of aromatic nitrogens is 2. The van der Waals surface area contributed by atoms with Gasteiger partial charge in [0.1, 0.15) is 10.9 Å². The van der Waals surface area contributed by atoms with E-state index >= 15 is 0 Å². The van der Waals surface area contributed by atoms with Crippen molar-refractivity contribution in [2.45, 2.75) is 17.4 Å². The Morgan fingerprint density at radius 1 is 1.52 bits per heavy atom. The molecule has 1 aromatic heterocycles. The van der Waals surface area contributed by atoms with Crippen molar-refractivity contribution in [2.24, 2.45) is 0 Å². The lowest BCUT2D eigenvalue weighted by Gasteiger charge is -2.12. The number of hydrogen-bond acceptors (Lipinski definition) is 6. The number of rotatable bonds is 7. The minimum absolute atomic E-state index is 0.0688. The minimum atomic E-state index is -1.05. The lowest BCUT2D eigenvalue weighted by atomic mass is 10.2. The first-order valence-corrected chi connectivity index (χ1v) is 6.75. The fourth-order valence-corrected chi connectivity index (χ4v) is 2.47. The summed E-state index contributed by atoms with van der Waals surface area (Å²) >= 11 is 0.927. The van der Waals surface area contributed by atoms with E-state index in [0.29, 0.717) is 10.6 Å². The Morgan fingerprint density at radius 2 is 2.29 bits per heavy atom. The average molecular weight is 308 g/mol. The van der Waals surface area contributed by atoms with Crippen LogP contribution in [0.4, 0.5) is 5.69 Å². The van der Waals surface area contributed by atoms with Gasteiger partial charge in [-0.3, -0.25) is 14.9 Å². The van der Waals surface area contributed by atoms with Gasteiger partial charge < -0.3 is 10.1 Å². The van der Waals surface area contributed by atoms with Gasteiger partial charge in [-0.2, -0.15) is 0 Å². The summed E-state index contributed by atoms with van der Waals surface area (Å²) in [6, 6.07) is 5.25. The molecule has 0 saturated carbocycles. The Bertz CT molecular complexity index is 632. The topological polar surface area (TPSA) is 121 Å². The first kappa shape index (κ1) is 15.0. The SMILES string of the molecule is O=C(O)[C@H](Cc1cnc[nH]1)NSc1ccccc1[N+](=O)[O-]. The van der Waals surface area contributed by atoms with Crippen molar-refractivity contribution in [3.05, 3.63) is 52.6 Å². The molecular weight excluding hydrogens is 296 g/mol. The van der Waals surface area contributed by atoms with E-state index in [-0.39, 0.29) is 12.1 Å². The van der Waals surface area contributed by atoms with Gasteiger partial charge in [0.05, 0.1) is 11.3 Å². The van der Waals surface area contributed by atoms with Gasteiger partial charge in [-0.15, -0.1) is 0 Å². The van der Waals surface area contributed by atoms with Gasteiger partial charge in [-0.25, -0.2) is 9.71 Å². The summed E-state index contributed by atoms with van der Waals surface area (Å²) < 4.78 is 2.73. The number of imidazole rings is 1. The van der Waals surface area contributed by atoms with Crippen molar-refractivity contribution in [2.75, 3.05) is 0 Å². The number of carbonyl (C=O) groups is 1. The van der Waals surface area contributed by atoms with E-state index in [4.69, 9.17) is 0 Å². The molecule has 9 heteroatoms. The fraction of sp³-hybridized carbons (Fsp3) is 0.167. The number of carboxylic acid groups (broad SMARTS) is 1. The van der Waals surface area contributed by atoms with Gasteiger partial charge >= 0.3 is 5.97 Å². The van der Waals surface area contributed by atoms with Crippen molar-refractivity contribution < 1.29 is 14.8 Å². The number of benzene rings is 1. The van der Waals surface area contributed by atoms with Gasteiger partial charge in [0.25, 0.3) is 5.69 Å². The van der Waals surface area contributed by atoms with Gasteiger partial charge in [-0.1, -0.05) is 12.1 Å². The monoisotopic (exact) mass is 308 g/mol. The van der Waals surface area contributed by atoms with Gasteiger partial charge in [0.2, 0.25) is 0 Å². The fourth-order valence-electron chi connectivity index (χ4n) is 1.62. The Morgan fingerprint density at radius 3 is 2.90 bits per heavy atom. The van der Waals surface area contributed by atoms with Crippen LogP contribution in [0.1, 0.15) is 5.69 Å². The Kier molecular flexibility index (Phi) is 4.90. The number of H-pyrrole nitrogens is 1. The molecule has 0 aliphatic carbocycles. The quantitative estimate of drug-likeness (QED) is 0.403. The number of aliphatic carboxylic acids is 1. The van der Waals surface area contributed by atoms with Crippen LogP contribution in [-0.4, -0.2) is 32.0 Å². The maximum atomic E-state index is 11.2. The maximum absolute atomic E-state index is 11.2. The molecule has 0 aliphatic heterocycles. The molecule has 2 aromatic rings. The minimum Gasteiger partial charge on any atom is -0.480 e. The van der Waals surface area contributed by atoms with Crippen molar-refractivity contribution >= 4 is 23.6 Å². The number of carboxylic acids is 1. The molecule has 0 spiro atoms. The molecule has 0 aliphatic rings. The van der Waals surface area contributed by atoms with E-state index in [1.54, 1.807) is 18.2 Å². The molecule has 3 N–H and O–H groups in total. The molecule has 2 rings (SSSR count). The second-order valence-corrected chi connectivity index (χ2v) is 5.00. The van der Waals surface area contributed by atoms with E-state index in [1.165, 1.54) is 18.6 Å². The summed E-state index contributed by atoms with van der Waals surface area (Å²) in [7, 11) is 0. The molecule has 0 unspecified atom stereocenters. The first-order valence-electron chi connectivity index (χ1n) is 5.93. The molecule has 0 radical (unpaired) electrons. The zero-order chi connectivity index (χ0) is 15.2. The number of nitro benzene ring substituents is 1. The van der Waals surface area contributed by atoms with E-state index in [2.05, 4.69) is 14.7 Å². The van der Waals surface area contributed by atoms with E-state index < -0.39 is 16.9 Å². The van der Waals surface area contributed by atoms with Crippen molar-refractivity contribution in [1.29, 1.82) is 0 Å². The standard InChI is InChI=1S/C12H12N4O4S/c17-12(18)9(5-8-6-13-7-14-8)15-21-11-4-2-1-3-10(11)16(19)20/h1-4,6-7,9,15H,5H2,(H,13,14)(H,17,18)/t9-/m0/s1. The van der Waals surface area contributed by atoms with Gasteiger partial charge in [0, 0.05) is 24.4 Å². The van der Waals surface area contributed by atoms with Crippen LogP contribution in [0.2, 0.25) is 0 Å². The Hall–Kier alpha value is -2.39. The molecule has 0 saturated heterocycles. The third-order valence-electron chi connectivity index (χ3n) is 2.65. The molecule has 1 atom stereocenters. The summed E-state index contributed by atoms with van der Waals surface area (Å²) in [4.78, 5) is 28.6. The van der Waals surface area contributed by atoms with E-state index in [0.717, 1.165) is 11.9 Å². The maximum Gasteiger partial charge on any atom is 0.321 e. The summed E-state index contributed by atoms with van der Waals surface area (Å²) in [6.45, 7) is 0. The zero-order valence-electron chi connectivity index (χ0n) is 10.7. The molecule has 1 heterocycles. The largest absolute Gasteiger partial charge is 0.480 e. The number of hydrogen-bond donors (Lipinski definition) is 3. The van der Waals surface area contributed by atoms with E-state index in [9.17, 15) is 20.0 Å². The molecule has 0 amide bonds. The van der Waals surface area contributed by atoms with Crippen molar-refractivity contribution in [3.8, 4) is 0 Å². The third-order valence-corrected chi connectivity index (χ3v) is 3.62. The third kappa shape index (κ3) is 4.04. The Balaban J connectivity index is 2.05. The molecule has 0 bridgehead atoms. The van der Waals surface area contributed by atoms with Gasteiger partial charge in [-0.05, 0) is 18.0 Å². The molecular formula is C12H12N4O4S. The van der Waals surface area contributed by atoms with Crippen molar-refractivity contribution in [1.82, 2.24) is 14.7 Å². The smallest absolute Gasteiger partial charge is 0.321 e. The van der Waals surface area contributed by atoms with Gasteiger partial charge in [0.15, 0.2) is 0 Å². The van der Waals surface area contributed by atoms with Crippen LogP contribution in [-0.2, 0) is 11.2 Å². The van der Waals surface area contributed by atoms with Crippen LogP contribution in [0, 0.1) is 10.1 Å². The molecule has 8 nitrogen and oxygen atoms in total. The van der Waals surface area contributed by atoms with E-state index in [1.807, 2.05) is 0 Å². The van der Waals surface area contributed by atoms with Crippen LogP contribution in [0.15, 0.2) is 41.7 Å². The summed E-state index contributed by atoms with van der Waals surface area (Å²) in [5.74, 6) is -1.05. The number of aromatic amines is 1. The highest BCUT2D eigenvalue weighted by atomic mass is 32.2. The first-order chi connectivity index (χ1) is 10.1. The van der Waals surface area contributed by atoms with Crippen LogP contribution in [0.3, 0.4) is 0 Å². The molecule has 1 aromatic carbocycles. The second kappa shape index (κ2) is 6.86. The predicted octanol–water partition coefficient (Wildman–Crippen LogP) is 1.61. The lowest BCUT2D eigenvalue weighted by Crippen LogP contribution is -2.34. The number of para-hydroxylation sites is 1. The highest BCUT2D eigenvalue weighted by Crippen LogP contribution is 2.27. The van der Waals surface area contributed by atoms with Crippen LogP contribution < -0.4 is 4.72 Å². The summed E-state index contributed by atoms with van der Waals surface area (Å²) in [6.07, 6.45) is 3.19. The van der Waals surface area contributed by atoms with Crippen LogP contribution in [0.25, 0.3) is 0 Å². The molecule has 21 heavy (non-hydrogen) atoms. The van der Waals surface area contributed by atoms with Crippen molar-refractivity contribution in [3.63, 3.8) is 0 Å². The highest BCUT2D eigenvalue weighted by Gasteiger charge is 2.21. The second-order valence-electron chi connectivity index (χ2n) is 4.12. The zero-order valence-corrected chi connectivity index (χ0v) is 11.5. The summed E-state index contributed by atoms with van der Waals surface area (Å²) in [5, 5.41) is 20.1. The number of nitro groups is 1. The Labute approximate surface area is 123 Å². The molecule has 110 valence electrons. The lowest BCUT2D eigenvalue weighted by molar-refractivity contribution is -0.387. The van der Waals surface area contributed by atoms with Crippen LogP contribution in [0.5, 0.6) is 0 Å². The number of nitrogens with one attached hydrogen (secondary N) is 2. The predicted molar refractivity (Wildman–Crippen MR) is 75.8 cm³/mol. The average Bonchev–Trinajstić information content (AvgIpc) is 2.96. The summed E-state index contributed by atoms with van der Waals surface area (Å²) in [5.41, 5.74) is 0.596. The number of nitrogens with zero attached hydrogens (tertiary/aromatic N) is 2. The normalized spacial score (nSPS) is 12.0.